The highest BCUT2D eigenvalue weighted by Crippen LogP contribution is 2.32. The number of hydrogen-bond donors (Lipinski definition) is 1. The summed E-state index contributed by atoms with van der Waals surface area (Å²) in [5, 5.41) is 12.5. The van der Waals surface area contributed by atoms with Gasteiger partial charge in [0.05, 0.1) is 0 Å². The normalized spacial score (nSPS) is 26.8. The third kappa shape index (κ3) is 2.72. The van der Waals surface area contributed by atoms with Gasteiger partial charge in [-0.25, -0.2) is 0 Å². The Bertz CT molecular complexity index is 315. The SMILES string of the molecule is CNC1CCCCC1Sc1nnc(C)o1. The molecule has 2 rings (SSSR count). The first-order valence-corrected chi connectivity index (χ1v) is 6.31. The monoisotopic (exact) mass is 227 g/mol. The second-order valence-corrected chi connectivity index (χ2v) is 5.11. The fourth-order valence-electron chi connectivity index (χ4n) is 2.02. The van der Waals surface area contributed by atoms with Gasteiger partial charge in [0.15, 0.2) is 0 Å². The van der Waals surface area contributed by atoms with E-state index in [1.807, 2.05) is 14.0 Å². The summed E-state index contributed by atoms with van der Waals surface area (Å²) in [6, 6.07) is 0.580. The standard InChI is InChI=1S/C10H17N3OS/c1-7-12-13-10(14-7)15-9-6-4-3-5-8(9)11-2/h8-9,11H,3-6H2,1-2H3. The number of rotatable bonds is 3. The van der Waals surface area contributed by atoms with E-state index >= 15 is 0 Å². The Labute approximate surface area is 94.2 Å². The van der Waals surface area contributed by atoms with Crippen LogP contribution in [0, 0.1) is 6.92 Å². The van der Waals surface area contributed by atoms with Gasteiger partial charge in [0.2, 0.25) is 5.89 Å². The zero-order valence-electron chi connectivity index (χ0n) is 9.19. The molecule has 84 valence electrons. The molecule has 2 atom stereocenters. The van der Waals surface area contributed by atoms with E-state index in [1.165, 1.54) is 25.7 Å². The summed E-state index contributed by atoms with van der Waals surface area (Å²) in [5.41, 5.74) is 0. The highest BCUT2D eigenvalue weighted by Gasteiger charge is 2.26. The van der Waals surface area contributed by atoms with Crippen molar-refractivity contribution in [1.29, 1.82) is 0 Å². The van der Waals surface area contributed by atoms with Crippen molar-refractivity contribution in [3.8, 4) is 0 Å². The Hall–Kier alpha value is -0.550. The molecule has 1 heterocycles. The maximum Gasteiger partial charge on any atom is 0.276 e. The molecule has 1 fully saturated rings. The van der Waals surface area contributed by atoms with Gasteiger partial charge in [-0.3, -0.25) is 0 Å². The summed E-state index contributed by atoms with van der Waals surface area (Å²) < 4.78 is 5.39. The largest absolute Gasteiger partial charge is 0.416 e. The Morgan fingerprint density at radius 2 is 2.13 bits per heavy atom. The Kier molecular flexibility index (Phi) is 3.64. The van der Waals surface area contributed by atoms with Crippen molar-refractivity contribution in [3.63, 3.8) is 0 Å². The van der Waals surface area contributed by atoms with Crippen molar-refractivity contribution in [2.24, 2.45) is 0 Å². The second kappa shape index (κ2) is 4.99. The van der Waals surface area contributed by atoms with Crippen molar-refractivity contribution in [2.45, 2.75) is 49.1 Å². The number of nitrogens with one attached hydrogen (secondary N) is 1. The van der Waals surface area contributed by atoms with E-state index in [1.54, 1.807) is 11.8 Å². The summed E-state index contributed by atoms with van der Waals surface area (Å²) in [5.74, 6) is 0.648. The highest BCUT2D eigenvalue weighted by molar-refractivity contribution is 7.99. The average molecular weight is 227 g/mol. The van der Waals surface area contributed by atoms with Crippen LogP contribution in [0.3, 0.4) is 0 Å². The predicted octanol–water partition coefficient (Wildman–Crippen LogP) is 2.00. The molecule has 0 aromatic carbocycles. The zero-order valence-corrected chi connectivity index (χ0v) is 10.0. The van der Waals surface area contributed by atoms with Gasteiger partial charge in [-0.2, -0.15) is 0 Å². The summed E-state index contributed by atoms with van der Waals surface area (Å²) in [6.07, 6.45) is 5.12. The van der Waals surface area contributed by atoms with E-state index in [-0.39, 0.29) is 0 Å². The van der Waals surface area contributed by atoms with Gasteiger partial charge in [0, 0.05) is 18.2 Å². The minimum absolute atomic E-state index is 0.573. The number of hydrogen-bond acceptors (Lipinski definition) is 5. The third-order valence-corrected chi connectivity index (χ3v) is 4.07. The summed E-state index contributed by atoms with van der Waals surface area (Å²) >= 11 is 1.72. The highest BCUT2D eigenvalue weighted by atomic mass is 32.2. The third-order valence-electron chi connectivity index (χ3n) is 2.83. The molecule has 0 saturated heterocycles. The lowest BCUT2D eigenvalue weighted by Gasteiger charge is -2.29. The Morgan fingerprint density at radius 1 is 1.33 bits per heavy atom. The topological polar surface area (TPSA) is 51.0 Å². The average Bonchev–Trinajstić information content (AvgIpc) is 2.65. The molecule has 15 heavy (non-hydrogen) atoms. The molecule has 0 aliphatic heterocycles. The van der Waals surface area contributed by atoms with Crippen LogP contribution in [-0.4, -0.2) is 28.5 Å². The second-order valence-electron chi connectivity index (χ2n) is 3.92. The van der Waals surface area contributed by atoms with Crippen molar-refractivity contribution >= 4 is 11.8 Å². The van der Waals surface area contributed by atoms with Gasteiger partial charge in [-0.1, -0.05) is 24.6 Å². The molecular formula is C10H17N3OS. The lowest BCUT2D eigenvalue weighted by molar-refractivity contribution is 0.394. The van der Waals surface area contributed by atoms with E-state index in [2.05, 4.69) is 15.5 Å². The van der Waals surface area contributed by atoms with Crippen LogP contribution in [0.15, 0.2) is 9.64 Å². The first-order chi connectivity index (χ1) is 7.29. The van der Waals surface area contributed by atoms with E-state index in [4.69, 9.17) is 4.42 Å². The van der Waals surface area contributed by atoms with E-state index in [0.29, 0.717) is 22.4 Å². The lowest BCUT2D eigenvalue weighted by Crippen LogP contribution is -2.38. The van der Waals surface area contributed by atoms with Crippen LogP contribution in [0.1, 0.15) is 31.6 Å². The molecule has 1 aliphatic carbocycles. The summed E-state index contributed by atoms with van der Waals surface area (Å²) in [7, 11) is 2.03. The van der Waals surface area contributed by atoms with Crippen LogP contribution < -0.4 is 5.32 Å². The number of nitrogens with zero attached hydrogens (tertiary/aromatic N) is 2. The first kappa shape index (κ1) is 11.0. The summed E-state index contributed by atoms with van der Waals surface area (Å²) in [4.78, 5) is 0. The van der Waals surface area contributed by atoms with Gasteiger partial charge in [-0.15, -0.1) is 10.2 Å². The Morgan fingerprint density at radius 3 is 2.80 bits per heavy atom. The van der Waals surface area contributed by atoms with Crippen LogP contribution in [0.5, 0.6) is 0 Å². The van der Waals surface area contributed by atoms with Crippen LogP contribution in [0.2, 0.25) is 0 Å². The molecule has 1 saturated carbocycles. The Balaban J connectivity index is 1.97. The number of aromatic nitrogens is 2. The zero-order chi connectivity index (χ0) is 10.7. The smallest absolute Gasteiger partial charge is 0.276 e. The number of thioether (sulfide) groups is 1. The van der Waals surface area contributed by atoms with Crippen LogP contribution in [0.25, 0.3) is 0 Å². The van der Waals surface area contributed by atoms with Gasteiger partial charge in [0.25, 0.3) is 5.22 Å². The van der Waals surface area contributed by atoms with Crippen LogP contribution in [-0.2, 0) is 0 Å². The molecule has 2 unspecified atom stereocenters. The molecule has 0 spiro atoms. The summed E-state index contributed by atoms with van der Waals surface area (Å²) in [6.45, 7) is 1.83. The van der Waals surface area contributed by atoms with Gasteiger partial charge >= 0.3 is 0 Å². The fourth-order valence-corrected chi connectivity index (χ4v) is 3.26. The maximum absolute atomic E-state index is 5.39. The maximum atomic E-state index is 5.39. The van der Waals surface area contributed by atoms with Crippen molar-refractivity contribution in [3.05, 3.63) is 5.89 Å². The van der Waals surface area contributed by atoms with Gasteiger partial charge in [0.1, 0.15) is 0 Å². The van der Waals surface area contributed by atoms with Crippen molar-refractivity contribution in [1.82, 2.24) is 15.5 Å². The number of aryl methyl sites for hydroxylation is 1. The molecule has 1 aromatic heterocycles. The minimum Gasteiger partial charge on any atom is -0.416 e. The minimum atomic E-state index is 0.573. The molecular weight excluding hydrogens is 210 g/mol. The molecule has 1 aliphatic rings. The van der Waals surface area contributed by atoms with E-state index in [0.717, 1.165) is 0 Å². The molecule has 5 heteroatoms. The molecule has 0 radical (unpaired) electrons. The molecule has 1 N–H and O–H groups in total. The fraction of sp³-hybridized carbons (Fsp3) is 0.800. The first-order valence-electron chi connectivity index (χ1n) is 5.43. The van der Waals surface area contributed by atoms with Gasteiger partial charge < -0.3 is 9.73 Å². The van der Waals surface area contributed by atoms with Crippen molar-refractivity contribution in [2.75, 3.05) is 7.05 Å². The quantitative estimate of drug-likeness (QED) is 0.856. The van der Waals surface area contributed by atoms with Crippen molar-refractivity contribution < 1.29 is 4.42 Å². The van der Waals surface area contributed by atoms with Crippen LogP contribution in [0.4, 0.5) is 0 Å². The molecule has 1 aromatic rings. The van der Waals surface area contributed by atoms with Gasteiger partial charge in [-0.05, 0) is 19.9 Å². The van der Waals surface area contributed by atoms with E-state index in [9.17, 15) is 0 Å². The molecule has 0 amide bonds. The predicted molar refractivity (Wildman–Crippen MR) is 60.0 cm³/mol. The van der Waals surface area contributed by atoms with E-state index < -0.39 is 0 Å². The van der Waals surface area contributed by atoms with Crippen LogP contribution >= 0.6 is 11.8 Å². The molecule has 0 bridgehead atoms. The lowest BCUT2D eigenvalue weighted by atomic mass is 9.95. The molecule has 4 nitrogen and oxygen atoms in total.